The number of rotatable bonds is 3. The Morgan fingerprint density at radius 3 is 3.13 bits per heavy atom. The van der Waals surface area contributed by atoms with Crippen molar-refractivity contribution in [3.63, 3.8) is 0 Å². The van der Waals surface area contributed by atoms with Crippen LogP contribution >= 0.6 is 0 Å². The summed E-state index contributed by atoms with van der Waals surface area (Å²) in [5.41, 5.74) is 1.31. The van der Waals surface area contributed by atoms with E-state index < -0.39 is 0 Å². The summed E-state index contributed by atoms with van der Waals surface area (Å²) in [5, 5.41) is 3.26. The number of para-hydroxylation sites is 1. The van der Waals surface area contributed by atoms with E-state index in [1.54, 1.807) is 0 Å². The number of hydrogen-bond acceptors (Lipinski definition) is 2. The first-order valence-corrected chi connectivity index (χ1v) is 5.25. The molecule has 78 valence electrons. The zero-order chi connectivity index (χ0) is 10.5. The van der Waals surface area contributed by atoms with Crippen molar-refractivity contribution in [2.45, 2.75) is 19.4 Å². The van der Waals surface area contributed by atoms with E-state index in [2.05, 4.69) is 29.3 Å². The maximum Gasteiger partial charge on any atom is 0.123 e. The van der Waals surface area contributed by atoms with Crippen molar-refractivity contribution >= 4 is 0 Å². The zero-order valence-electron chi connectivity index (χ0n) is 8.92. The predicted molar refractivity (Wildman–Crippen MR) is 60.9 cm³/mol. The standard InChI is InChI=1S/C13H15NO/c1-2-3-8-14-10-12-9-11-6-4-5-7-13(11)15-12/h4-7,12,14H,8-10H2,1H3. The highest BCUT2D eigenvalue weighted by Crippen LogP contribution is 2.27. The molecule has 0 spiro atoms. The molecule has 2 nitrogen and oxygen atoms in total. The number of benzene rings is 1. The van der Waals surface area contributed by atoms with E-state index in [0.29, 0.717) is 0 Å². The summed E-state index contributed by atoms with van der Waals surface area (Å²) >= 11 is 0. The molecule has 1 N–H and O–H groups in total. The molecule has 0 aromatic heterocycles. The molecule has 1 heterocycles. The van der Waals surface area contributed by atoms with Gasteiger partial charge < -0.3 is 10.1 Å². The third-order valence-electron chi connectivity index (χ3n) is 2.48. The molecule has 0 bridgehead atoms. The maximum atomic E-state index is 5.78. The van der Waals surface area contributed by atoms with Crippen LogP contribution in [0.3, 0.4) is 0 Å². The van der Waals surface area contributed by atoms with Crippen molar-refractivity contribution in [2.24, 2.45) is 0 Å². The lowest BCUT2D eigenvalue weighted by Gasteiger charge is -2.09. The molecule has 2 heteroatoms. The van der Waals surface area contributed by atoms with Crippen LogP contribution in [0.4, 0.5) is 0 Å². The molecule has 1 aliphatic rings. The summed E-state index contributed by atoms with van der Waals surface area (Å²) in [6.45, 7) is 3.46. The second-order valence-corrected chi connectivity index (χ2v) is 3.61. The molecule has 1 unspecified atom stereocenters. The number of nitrogens with one attached hydrogen (secondary N) is 1. The molecule has 2 rings (SSSR count). The van der Waals surface area contributed by atoms with Gasteiger partial charge >= 0.3 is 0 Å². The van der Waals surface area contributed by atoms with Gasteiger partial charge in [0.2, 0.25) is 0 Å². The fraction of sp³-hybridized carbons (Fsp3) is 0.385. The quantitative estimate of drug-likeness (QED) is 0.592. The van der Waals surface area contributed by atoms with Gasteiger partial charge in [0, 0.05) is 13.0 Å². The second-order valence-electron chi connectivity index (χ2n) is 3.61. The second kappa shape index (κ2) is 4.86. The number of ether oxygens (including phenoxy) is 1. The highest BCUT2D eigenvalue weighted by molar-refractivity contribution is 5.37. The molecule has 0 saturated carbocycles. The van der Waals surface area contributed by atoms with Crippen LogP contribution < -0.4 is 10.1 Å². The minimum Gasteiger partial charge on any atom is -0.488 e. The smallest absolute Gasteiger partial charge is 0.123 e. The van der Waals surface area contributed by atoms with Gasteiger partial charge in [-0.25, -0.2) is 0 Å². The van der Waals surface area contributed by atoms with Gasteiger partial charge in [-0.05, 0) is 18.6 Å². The van der Waals surface area contributed by atoms with E-state index in [9.17, 15) is 0 Å². The van der Waals surface area contributed by atoms with Crippen LogP contribution in [-0.2, 0) is 6.42 Å². The first-order chi connectivity index (χ1) is 7.40. The molecule has 1 aromatic carbocycles. The summed E-state index contributed by atoms with van der Waals surface area (Å²) in [6.07, 6.45) is 1.27. The van der Waals surface area contributed by atoms with E-state index in [4.69, 9.17) is 4.74 Å². The molecule has 0 fully saturated rings. The first kappa shape index (κ1) is 10.1. The Hall–Kier alpha value is -1.46. The molecule has 0 radical (unpaired) electrons. The van der Waals surface area contributed by atoms with Crippen LogP contribution in [0, 0.1) is 11.8 Å². The van der Waals surface area contributed by atoms with Crippen molar-refractivity contribution < 1.29 is 4.74 Å². The van der Waals surface area contributed by atoms with Crippen LogP contribution in [0.1, 0.15) is 12.5 Å². The maximum absolute atomic E-state index is 5.78. The van der Waals surface area contributed by atoms with E-state index in [0.717, 1.165) is 25.3 Å². The van der Waals surface area contributed by atoms with Crippen LogP contribution in [0.25, 0.3) is 0 Å². The summed E-state index contributed by atoms with van der Waals surface area (Å²) in [7, 11) is 0. The van der Waals surface area contributed by atoms with Crippen LogP contribution in [0.2, 0.25) is 0 Å². The highest BCUT2D eigenvalue weighted by atomic mass is 16.5. The normalized spacial score (nSPS) is 17.5. The first-order valence-electron chi connectivity index (χ1n) is 5.25. The van der Waals surface area contributed by atoms with Gasteiger partial charge in [-0.2, -0.15) is 0 Å². The Bertz CT molecular complexity index is 364. The summed E-state index contributed by atoms with van der Waals surface area (Å²) in [5.74, 6) is 6.87. The summed E-state index contributed by atoms with van der Waals surface area (Å²) in [4.78, 5) is 0. The fourth-order valence-electron chi connectivity index (χ4n) is 1.75. The molecule has 1 aromatic rings. The fourth-order valence-corrected chi connectivity index (χ4v) is 1.75. The van der Waals surface area contributed by atoms with Gasteiger partial charge in [0.1, 0.15) is 11.9 Å². The molecular formula is C13H15NO. The highest BCUT2D eigenvalue weighted by Gasteiger charge is 2.21. The topological polar surface area (TPSA) is 21.3 Å². The molecule has 15 heavy (non-hydrogen) atoms. The molecule has 0 saturated heterocycles. The minimum absolute atomic E-state index is 0.265. The molecular weight excluding hydrogens is 186 g/mol. The van der Waals surface area contributed by atoms with Gasteiger partial charge in [-0.1, -0.05) is 24.1 Å². The molecule has 0 amide bonds. The molecule has 1 atom stereocenters. The van der Waals surface area contributed by atoms with Crippen molar-refractivity contribution in [1.29, 1.82) is 0 Å². The summed E-state index contributed by atoms with van der Waals surface area (Å²) in [6, 6.07) is 8.22. The van der Waals surface area contributed by atoms with Gasteiger partial charge in [0.25, 0.3) is 0 Å². The largest absolute Gasteiger partial charge is 0.488 e. The number of hydrogen-bond donors (Lipinski definition) is 1. The lowest BCUT2D eigenvalue weighted by molar-refractivity contribution is 0.230. The monoisotopic (exact) mass is 201 g/mol. The zero-order valence-corrected chi connectivity index (χ0v) is 8.92. The Morgan fingerprint density at radius 1 is 1.47 bits per heavy atom. The van der Waals surface area contributed by atoms with Gasteiger partial charge in [-0.3, -0.25) is 0 Å². The van der Waals surface area contributed by atoms with E-state index >= 15 is 0 Å². The lowest BCUT2D eigenvalue weighted by Crippen LogP contribution is -2.30. The van der Waals surface area contributed by atoms with Crippen LogP contribution in [0.5, 0.6) is 5.75 Å². The van der Waals surface area contributed by atoms with Crippen molar-refractivity contribution in [1.82, 2.24) is 5.32 Å². The number of fused-ring (bicyclic) bond motifs is 1. The third-order valence-corrected chi connectivity index (χ3v) is 2.48. The van der Waals surface area contributed by atoms with Gasteiger partial charge in [-0.15, -0.1) is 5.92 Å². The van der Waals surface area contributed by atoms with Gasteiger partial charge in [0.15, 0.2) is 0 Å². The van der Waals surface area contributed by atoms with Gasteiger partial charge in [0.05, 0.1) is 6.54 Å². The average molecular weight is 201 g/mol. The van der Waals surface area contributed by atoms with E-state index in [-0.39, 0.29) is 6.10 Å². The van der Waals surface area contributed by atoms with Crippen LogP contribution in [0.15, 0.2) is 24.3 Å². The van der Waals surface area contributed by atoms with Crippen molar-refractivity contribution in [3.05, 3.63) is 29.8 Å². The Kier molecular flexibility index (Phi) is 3.26. The Labute approximate surface area is 90.6 Å². The Balaban J connectivity index is 1.82. The van der Waals surface area contributed by atoms with Crippen LogP contribution in [-0.4, -0.2) is 19.2 Å². The SMILES string of the molecule is CC#CCNCC1Cc2ccccc2O1. The van der Waals surface area contributed by atoms with Crippen molar-refractivity contribution in [2.75, 3.05) is 13.1 Å². The van der Waals surface area contributed by atoms with E-state index in [1.807, 2.05) is 19.1 Å². The van der Waals surface area contributed by atoms with E-state index in [1.165, 1.54) is 5.56 Å². The predicted octanol–water partition coefficient (Wildman–Crippen LogP) is 1.60. The average Bonchev–Trinajstić information content (AvgIpc) is 2.67. The third kappa shape index (κ3) is 2.51. The lowest BCUT2D eigenvalue weighted by atomic mass is 10.1. The Morgan fingerprint density at radius 2 is 2.33 bits per heavy atom. The molecule has 1 aliphatic heterocycles. The molecule has 0 aliphatic carbocycles. The minimum atomic E-state index is 0.265. The summed E-state index contributed by atoms with van der Waals surface area (Å²) < 4.78 is 5.78. The van der Waals surface area contributed by atoms with Crippen molar-refractivity contribution in [3.8, 4) is 17.6 Å².